The van der Waals surface area contributed by atoms with Crippen LogP contribution < -0.4 is 16.2 Å². The van der Waals surface area contributed by atoms with Gasteiger partial charge in [0.1, 0.15) is 5.75 Å². The standard InChI is InChI=1S/C15H18N2O/c1-18-14-7-5-11(6-8-14)12-3-2-4-13(9-12)15(17)10-16/h2-9,15H,10,16-17H2,1H3. The molecule has 2 aromatic carbocycles. The van der Waals surface area contributed by atoms with Gasteiger partial charge in [-0.15, -0.1) is 0 Å². The van der Waals surface area contributed by atoms with E-state index in [0.717, 1.165) is 22.4 Å². The van der Waals surface area contributed by atoms with Gasteiger partial charge in [0.25, 0.3) is 0 Å². The third-order valence-corrected chi connectivity index (χ3v) is 2.99. The topological polar surface area (TPSA) is 61.3 Å². The molecule has 2 aromatic rings. The van der Waals surface area contributed by atoms with Crippen LogP contribution in [0.15, 0.2) is 48.5 Å². The number of methoxy groups -OCH3 is 1. The predicted octanol–water partition coefficient (Wildman–Crippen LogP) is 2.32. The minimum Gasteiger partial charge on any atom is -0.497 e. The van der Waals surface area contributed by atoms with Crippen molar-refractivity contribution in [2.45, 2.75) is 6.04 Å². The van der Waals surface area contributed by atoms with Crippen LogP contribution in [-0.2, 0) is 0 Å². The number of nitrogens with two attached hydrogens (primary N) is 2. The van der Waals surface area contributed by atoms with E-state index >= 15 is 0 Å². The fraction of sp³-hybridized carbons (Fsp3) is 0.200. The van der Waals surface area contributed by atoms with Crippen LogP contribution in [0, 0.1) is 0 Å². The van der Waals surface area contributed by atoms with Gasteiger partial charge in [0.2, 0.25) is 0 Å². The lowest BCUT2D eigenvalue weighted by molar-refractivity contribution is 0.415. The largest absolute Gasteiger partial charge is 0.497 e. The summed E-state index contributed by atoms with van der Waals surface area (Å²) in [6, 6.07) is 16.0. The van der Waals surface area contributed by atoms with Gasteiger partial charge in [-0.2, -0.15) is 0 Å². The van der Waals surface area contributed by atoms with Crippen LogP contribution in [0.1, 0.15) is 11.6 Å². The van der Waals surface area contributed by atoms with Gasteiger partial charge < -0.3 is 16.2 Å². The van der Waals surface area contributed by atoms with E-state index in [9.17, 15) is 0 Å². The first-order chi connectivity index (χ1) is 8.74. The van der Waals surface area contributed by atoms with Gasteiger partial charge in [-0.3, -0.25) is 0 Å². The highest BCUT2D eigenvalue weighted by atomic mass is 16.5. The van der Waals surface area contributed by atoms with Crippen LogP contribution in [0.5, 0.6) is 5.75 Å². The summed E-state index contributed by atoms with van der Waals surface area (Å²) < 4.78 is 5.15. The van der Waals surface area contributed by atoms with Gasteiger partial charge >= 0.3 is 0 Å². The molecule has 2 rings (SSSR count). The van der Waals surface area contributed by atoms with Crippen molar-refractivity contribution >= 4 is 0 Å². The molecular formula is C15H18N2O. The molecule has 0 fully saturated rings. The number of ether oxygens (including phenoxy) is 1. The van der Waals surface area contributed by atoms with Crippen LogP contribution >= 0.6 is 0 Å². The van der Waals surface area contributed by atoms with Crippen LogP contribution in [-0.4, -0.2) is 13.7 Å². The average Bonchev–Trinajstić information content (AvgIpc) is 2.46. The molecule has 0 saturated heterocycles. The summed E-state index contributed by atoms with van der Waals surface area (Å²) in [5.74, 6) is 0.855. The molecule has 1 atom stereocenters. The Morgan fingerprint density at radius 1 is 1.06 bits per heavy atom. The van der Waals surface area contributed by atoms with Crippen molar-refractivity contribution in [2.75, 3.05) is 13.7 Å². The Kier molecular flexibility index (Phi) is 3.97. The van der Waals surface area contributed by atoms with Gasteiger partial charge in [-0.1, -0.05) is 30.3 Å². The Hall–Kier alpha value is -1.84. The molecule has 3 heteroatoms. The van der Waals surface area contributed by atoms with E-state index in [1.807, 2.05) is 36.4 Å². The van der Waals surface area contributed by atoms with Gasteiger partial charge in [-0.25, -0.2) is 0 Å². The van der Waals surface area contributed by atoms with E-state index in [1.54, 1.807) is 7.11 Å². The van der Waals surface area contributed by atoms with Crippen molar-refractivity contribution < 1.29 is 4.74 Å². The van der Waals surface area contributed by atoms with Crippen LogP contribution in [0.25, 0.3) is 11.1 Å². The lowest BCUT2D eigenvalue weighted by atomic mass is 10.00. The second-order valence-corrected chi connectivity index (χ2v) is 4.20. The maximum absolute atomic E-state index is 5.94. The van der Waals surface area contributed by atoms with E-state index in [-0.39, 0.29) is 6.04 Å². The quantitative estimate of drug-likeness (QED) is 0.865. The first kappa shape index (κ1) is 12.6. The Labute approximate surface area is 107 Å². The van der Waals surface area contributed by atoms with Gasteiger partial charge in [-0.05, 0) is 34.9 Å². The lowest BCUT2D eigenvalue weighted by Gasteiger charge is -2.11. The molecule has 0 radical (unpaired) electrons. The van der Waals surface area contributed by atoms with Crippen molar-refractivity contribution in [3.8, 4) is 16.9 Å². The molecule has 18 heavy (non-hydrogen) atoms. The molecule has 3 nitrogen and oxygen atoms in total. The Morgan fingerprint density at radius 3 is 2.39 bits per heavy atom. The molecule has 1 unspecified atom stereocenters. The van der Waals surface area contributed by atoms with E-state index in [1.165, 1.54) is 0 Å². The normalized spacial score (nSPS) is 12.2. The zero-order chi connectivity index (χ0) is 13.0. The summed E-state index contributed by atoms with van der Waals surface area (Å²) in [4.78, 5) is 0. The maximum Gasteiger partial charge on any atom is 0.118 e. The molecule has 0 aliphatic rings. The zero-order valence-electron chi connectivity index (χ0n) is 10.5. The average molecular weight is 242 g/mol. The third-order valence-electron chi connectivity index (χ3n) is 2.99. The van der Waals surface area contributed by atoms with Gasteiger partial charge in [0, 0.05) is 12.6 Å². The highest BCUT2D eigenvalue weighted by Gasteiger charge is 2.05. The van der Waals surface area contributed by atoms with Gasteiger partial charge in [0.05, 0.1) is 7.11 Å². The molecule has 0 amide bonds. The molecule has 0 heterocycles. The summed E-state index contributed by atoms with van der Waals surface area (Å²) >= 11 is 0. The fourth-order valence-corrected chi connectivity index (χ4v) is 1.87. The number of benzene rings is 2. The smallest absolute Gasteiger partial charge is 0.118 e. The lowest BCUT2D eigenvalue weighted by Crippen LogP contribution is -2.20. The van der Waals surface area contributed by atoms with Crippen LogP contribution in [0.2, 0.25) is 0 Å². The van der Waals surface area contributed by atoms with Crippen LogP contribution in [0.4, 0.5) is 0 Å². The number of hydrogen-bond acceptors (Lipinski definition) is 3. The highest BCUT2D eigenvalue weighted by Crippen LogP contribution is 2.24. The second kappa shape index (κ2) is 5.67. The van der Waals surface area contributed by atoms with Crippen molar-refractivity contribution in [3.63, 3.8) is 0 Å². The van der Waals surface area contributed by atoms with Crippen molar-refractivity contribution in [2.24, 2.45) is 11.5 Å². The van der Waals surface area contributed by atoms with E-state index in [2.05, 4.69) is 12.1 Å². The van der Waals surface area contributed by atoms with Crippen molar-refractivity contribution in [1.82, 2.24) is 0 Å². The molecule has 0 spiro atoms. The summed E-state index contributed by atoms with van der Waals surface area (Å²) in [6.45, 7) is 0.450. The molecular weight excluding hydrogens is 224 g/mol. The third kappa shape index (κ3) is 2.70. The summed E-state index contributed by atoms with van der Waals surface area (Å²) in [7, 11) is 1.66. The number of rotatable bonds is 4. The van der Waals surface area contributed by atoms with Crippen LogP contribution in [0.3, 0.4) is 0 Å². The summed E-state index contributed by atoms with van der Waals surface area (Å²) in [6.07, 6.45) is 0. The van der Waals surface area contributed by atoms with E-state index < -0.39 is 0 Å². The van der Waals surface area contributed by atoms with E-state index in [0.29, 0.717) is 6.54 Å². The highest BCUT2D eigenvalue weighted by molar-refractivity contribution is 5.65. The first-order valence-electron chi connectivity index (χ1n) is 5.94. The SMILES string of the molecule is COc1ccc(-c2cccc(C(N)CN)c2)cc1. The molecule has 94 valence electrons. The summed E-state index contributed by atoms with van der Waals surface area (Å²) in [5.41, 5.74) is 14.9. The molecule has 4 N–H and O–H groups in total. The molecule has 0 aliphatic carbocycles. The molecule has 0 saturated carbocycles. The maximum atomic E-state index is 5.94. The van der Waals surface area contributed by atoms with Crippen molar-refractivity contribution in [3.05, 3.63) is 54.1 Å². The fourth-order valence-electron chi connectivity index (χ4n) is 1.87. The molecule has 0 bridgehead atoms. The minimum absolute atomic E-state index is 0.108. The van der Waals surface area contributed by atoms with E-state index in [4.69, 9.17) is 16.2 Å². The Balaban J connectivity index is 2.32. The van der Waals surface area contributed by atoms with Crippen molar-refractivity contribution in [1.29, 1.82) is 0 Å². The summed E-state index contributed by atoms with van der Waals surface area (Å²) in [5, 5.41) is 0. The second-order valence-electron chi connectivity index (χ2n) is 4.20. The minimum atomic E-state index is -0.108. The first-order valence-corrected chi connectivity index (χ1v) is 5.94. The predicted molar refractivity (Wildman–Crippen MR) is 74.4 cm³/mol. The monoisotopic (exact) mass is 242 g/mol. The zero-order valence-corrected chi connectivity index (χ0v) is 10.5. The Bertz CT molecular complexity index is 508. The molecule has 0 aliphatic heterocycles. The molecule has 0 aromatic heterocycles. The Morgan fingerprint density at radius 2 is 1.78 bits per heavy atom. The van der Waals surface area contributed by atoms with Gasteiger partial charge in [0.15, 0.2) is 0 Å². The number of hydrogen-bond donors (Lipinski definition) is 2.